The first kappa shape index (κ1) is 46.4. The fraction of sp³-hybridized carbons (Fsp3) is 0.450. The minimum atomic E-state index is -0.595. The van der Waals surface area contributed by atoms with Crippen molar-refractivity contribution in [3.05, 3.63) is 60.4 Å². The van der Waals surface area contributed by atoms with Gasteiger partial charge in [0.25, 0.3) is 0 Å². The molecule has 2 saturated heterocycles. The van der Waals surface area contributed by atoms with Crippen LogP contribution in [-0.4, -0.2) is 103 Å². The summed E-state index contributed by atoms with van der Waals surface area (Å²) in [7, 11) is 2.61. The molecule has 5 heterocycles. The standard InChI is InChI=1S/C40H44N10O6.4H2S/c1-55-39(53)47-32(21-7-8-21)37(51)49-15-3-5-30(49)35-43-26-13-11-23(17-28(26)45-35)25-19-41-34(42-20-25)24-12-14-27-29(18-24)46-36(44-27)31-6-4-16-50(31)38(52)33(22-9-10-22)48-40(54)56-2;;;;/h11-14,17-22,30-33H,3-10,15-16H2,1-2H3,(H,43,45)(H,44,46)(H,47,53)(H,48,54);4*1H2/t30-,31-,32-,33-;;;;/m0..../s1. The number of alkyl carbamates (subject to hydrolysis) is 2. The largest absolute Gasteiger partial charge is 0.453 e. The van der Waals surface area contributed by atoms with Crippen LogP contribution in [0.25, 0.3) is 44.6 Å². The molecule has 2 aromatic carbocycles. The Bertz CT molecular complexity index is 2180. The van der Waals surface area contributed by atoms with Gasteiger partial charge < -0.3 is 39.9 Å². The van der Waals surface area contributed by atoms with E-state index in [2.05, 4.69) is 20.6 Å². The van der Waals surface area contributed by atoms with Gasteiger partial charge in [0.05, 0.1) is 48.4 Å². The number of imidazole rings is 2. The molecule has 4 fully saturated rings. The van der Waals surface area contributed by atoms with Crippen LogP contribution in [-0.2, 0) is 19.1 Å². The zero-order valence-corrected chi connectivity index (χ0v) is 37.3. The topological polar surface area (TPSA) is 200 Å². The van der Waals surface area contributed by atoms with Gasteiger partial charge >= 0.3 is 12.2 Å². The van der Waals surface area contributed by atoms with Crippen molar-refractivity contribution >= 4 is 100 Å². The summed E-state index contributed by atoms with van der Waals surface area (Å²) in [4.78, 5) is 81.0. The molecule has 4 N–H and O–H groups in total. The number of likely N-dealkylation sites (tertiary alicyclic amines) is 2. The molecule has 2 saturated carbocycles. The van der Waals surface area contributed by atoms with Crippen LogP contribution < -0.4 is 10.6 Å². The number of fused-ring (bicyclic) bond motifs is 2. The van der Waals surface area contributed by atoms with E-state index in [0.717, 1.165) is 102 Å². The van der Waals surface area contributed by atoms with Crippen molar-refractivity contribution < 1.29 is 28.7 Å². The van der Waals surface area contributed by atoms with Crippen LogP contribution in [0.2, 0.25) is 0 Å². The lowest BCUT2D eigenvalue weighted by atomic mass is 10.1. The number of methoxy groups -OCH3 is 2. The highest BCUT2D eigenvalue weighted by molar-refractivity contribution is 7.59. The summed E-state index contributed by atoms with van der Waals surface area (Å²) in [5, 5.41) is 5.51. The summed E-state index contributed by atoms with van der Waals surface area (Å²) in [5.74, 6) is 2.08. The molecule has 20 heteroatoms. The number of nitrogens with one attached hydrogen (secondary N) is 4. The van der Waals surface area contributed by atoms with Crippen molar-refractivity contribution in [3.63, 3.8) is 0 Å². The number of H-pyrrole nitrogens is 2. The minimum absolute atomic E-state index is 0. The first-order valence-corrected chi connectivity index (χ1v) is 19.4. The molecule has 2 aliphatic carbocycles. The second-order valence-corrected chi connectivity index (χ2v) is 15.3. The highest BCUT2D eigenvalue weighted by atomic mass is 32.1. The van der Waals surface area contributed by atoms with Crippen molar-refractivity contribution in [1.82, 2.24) is 50.3 Å². The van der Waals surface area contributed by atoms with Gasteiger partial charge in [-0.25, -0.2) is 29.5 Å². The van der Waals surface area contributed by atoms with E-state index in [4.69, 9.17) is 29.4 Å². The van der Waals surface area contributed by atoms with Crippen molar-refractivity contribution in [1.29, 1.82) is 0 Å². The van der Waals surface area contributed by atoms with Crippen LogP contribution in [0.1, 0.15) is 75.1 Å². The number of ether oxygens (including phenoxy) is 2. The Hall–Kier alpha value is -4.66. The molecular formula is C40H52N10O6S4. The van der Waals surface area contributed by atoms with E-state index in [9.17, 15) is 19.2 Å². The fourth-order valence-corrected chi connectivity index (χ4v) is 8.30. The Morgan fingerprint density at radius 3 is 1.50 bits per heavy atom. The van der Waals surface area contributed by atoms with Crippen molar-refractivity contribution in [3.8, 4) is 22.5 Å². The number of carbonyl (C=O) groups is 4. The highest BCUT2D eigenvalue weighted by Gasteiger charge is 2.44. The van der Waals surface area contributed by atoms with Gasteiger partial charge in [0, 0.05) is 36.6 Å². The van der Waals surface area contributed by atoms with Gasteiger partial charge in [0.1, 0.15) is 23.7 Å². The number of hydrogen-bond acceptors (Lipinski definition) is 10. The number of aromatic amines is 2. The van der Waals surface area contributed by atoms with E-state index in [0.29, 0.717) is 18.9 Å². The first-order chi connectivity index (χ1) is 27.3. The van der Waals surface area contributed by atoms with Gasteiger partial charge in [-0.1, -0.05) is 6.07 Å². The molecule has 2 aliphatic heterocycles. The Balaban J connectivity index is 0.00000171. The van der Waals surface area contributed by atoms with E-state index in [-0.39, 0.29) is 89.7 Å². The third-order valence-corrected chi connectivity index (χ3v) is 11.6. The number of aromatic nitrogens is 6. The predicted molar refractivity (Wildman–Crippen MR) is 245 cm³/mol. The zero-order valence-electron chi connectivity index (χ0n) is 33.3. The maximum atomic E-state index is 13.6. The second kappa shape index (κ2) is 19.4. The van der Waals surface area contributed by atoms with Crippen LogP contribution in [0.15, 0.2) is 48.8 Å². The van der Waals surface area contributed by atoms with Gasteiger partial charge in [-0.2, -0.15) is 54.0 Å². The van der Waals surface area contributed by atoms with E-state index in [1.54, 1.807) is 12.4 Å². The summed E-state index contributed by atoms with van der Waals surface area (Å²) >= 11 is 0. The number of benzene rings is 2. The average Bonchev–Trinajstić information content (AvgIpc) is 4.00. The minimum Gasteiger partial charge on any atom is -0.453 e. The second-order valence-electron chi connectivity index (χ2n) is 15.3. The third-order valence-electron chi connectivity index (χ3n) is 11.6. The molecule has 9 rings (SSSR count). The molecule has 4 aliphatic rings. The number of hydrogen-bond donors (Lipinski definition) is 4. The van der Waals surface area contributed by atoms with Crippen LogP contribution in [0.5, 0.6) is 0 Å². The maximum absolute atomic E-state index is 13.6. The molecule has 0 spiro atoms. The smallest absolute Gasteiger partial charge is 0.407 e. The monoisotopic (exact) mass is 896 g/mol. The van der Waals surface area contributed by atoms with Crippen molar-refractivity contribution in [2.45, 2.75) is 75.5 Å². The number of amides is 4. The summed E-state index contributed by atoms with van der Waals surface area (Å²) in [6.45, 7) is 1.21. The molecule has 322 valence electrons. The Kier molecular flexibility index (Phi) is 15.0. The van der Waals surface area contributed by atoms with Crippen LogP contribution in [0.4, 0.5) is 9.59 Å². The zero-order chi connectivity index (χ0) is 38.5. The lowest BCUT2D eigenvalue weighted by molar-refractivity contribution is -0.135. The van der Waals surface area contributed by atoms with Crippen molar-refractivity contribution in [2.75, 3.05) is 27.3 Å². The van der Waals surface area contributed by atoms with Crippen LogP contribution >= 0.6 is 54.0 Å². The van der Waals surface area contributed by atoms with Gasteiger partial charge in [-0.05, 0) is 99.1 Å². The molecule has 5 aromatic rings. The summed E-state index contributed by atoms with van der Waals surface area (Å²) in [6, 6.07) is 10.2. The summed E-state index contributed by atoms with van der Waals surface area (Å²) in [5.41, 5.74) is 5.83. The molecular weight excluding hydrogens is 845 g/mol. The fourth-order valence-electron chi connectivity index (χ4n) is 8.30. The molecule has 3 aromatic heterocycles. The molecule has 4 atom stereocenters. The van der Waals surface area contributed by atoms with Crippen LogP contribution in [0.3, 0.4) is 0 Å². The quantitative estimate of drug-likeness (QED) is 0.137. The van der Waals surface area contributed by atoms with Gasteiger partial charge in [0.2, 0.25) is 11.8 Å². The third kappa shape index (κ3) is 9.30. The van der Waals surface area contributed by atoms with Gasteiger partial charge in [-0.15, -0.1) is 0 Å². The average molecular weight is 897 g/mol. The summed E-state index contributed by atoms with van der Waals surface area (Å²) < 4.78 is 9.58. The molecule has 0 unspecified atom stereocenters. The molecule has 16 nitrogen and oxygen atoms in total. The Labute approximate surface area is 374 Å². The SMILES string of the molecule is COC(=O)N[C@H](C(=O)N1CCC[C@H]1c1nc2ccc(-c3cnc(-c4ccc5nc([C@@H]6CCCN6C(=O)[C@@H](NC(=O)OC)C6CC6)[nH]c5c4)nc3)cc2[nH]1)C1CC1.S.S.S.S. The van der Waals surface area contributed by atoms with Crippen molar-refractivity contribution in [2.24, 2.45) is 11.8 Å². The Morgan fingerprint density at radius 2 is 1.07 bits per heavy atom. The highest BCUT2D eigenvalue weighted by Crippen LogP contribution is 2.39. The predicted octanol–water partition coefficient (Wildman–Crippen LogP) is 5.61. The van der Waals surface area contributed by atoms with Crippen LogP contribution in [0, 0.1) is 11.8 Å². The van der Waals surface area contributed by atoms with Gasteiger partial charge in [0.15, 0.2) is 5.82 Å². The number of nitrogens with zero attached hydrogens (tertiary/aromatic N) is 6. The lowest BCUT2D eigenvalue weighted by Gasteiger charge is -2.28. The number of carbonyl (C=O) groups excluding carboxylic acids is 4. The van der Waals surface area contributed by atoms with E-state index in [1.165, 1.54) is 14.2 Å². The van der Waals surface area contributed by atoms with Gasteiger partial charge in [-0.3, -0.25) is 9.59 Å². The van der Waals surface area contributed by atoms with E-state index >= 15 is 0 Å². The molecule has 4 amide bonds. The number of rotatable bonds is 10. The molecule has 0 radical (unpaired) electrons. The summed E-state index contributed by atoms with van der Waals surface area (Å²) in [6.07, 6.45) is 9.29. The van der Waals surface area contributed by atoms with E-state index in [1.807, 2.05) is 46.2 Å². The van der Waals surface area contributed by atoms with E-state index < -0.39 is 24.3 Å². The first-order valence-electron chi connectivity index (χ1n) is 19.4. The molecule has 60 heavy (non-hydrogen) atoms. The Morgan fingerprint density at radius 1 is 0.633 bits per heavy atom. The molecule has 0 bridgehead atoms. The normalized spacial score (nSPS) is 19.2. The maximum Gasteiger partial charge on any atom is 0.407 e. The lowest BCUT2D eigenvalue weighted by Crippen LogP contribution is -2.49.